The zero-order valence-corrected chi connectivity index (χ0v) is 13.5. The SMILES string of the molecule is CC(Cc1cnccn1)NC(=O)c1cccc(Cn2cccn2)c1. The molecular weight excluding hydrogens is 302 g/mol. The fourth-order valence-electron chi connectivity index (χ4n) is 2.50. The molecule has 1 amide bonds. The molecular formula is C18H19N5O. The van der Waals surface area contributed by atoms with Crippen LogP contribution in [-0.2, 0) is 13.0 Å². The molecule has 122 valence electrons. The highest BCUT2D eigenvalue weighted by atomic mass is 16.1. The van der Waals surface area contributed by atoms with Crippen LogP contribution in [0.25, 0.3) is 0 Å². The summed E-state index contributed by atoms with van der Waals surface area (Å²) in [5.74, 6) is -0.0892. The van der Waals surface area contributed by atoms with Crippen LogP contribution in [0.4, 0.5) is 0 Å². The molecule has 0 fully saturated rings. The van der Waals surface area contributed by atoms with Crippen molar-refractivity contribution in [2.24, 2.45) is 0 Å². The van der Waals surface area contributed by atoms with Gasteiger partial charge in [0.1, 0.15) is 0 Å². The highest BCUT2D eigenvalue weighted by Crippen LogP contribution is 2.08. The normalized spacial score (nSPS) is 11.9. The predicted molar refractivity (Wildman–Crippen MR) is 90.4 cm³/mol. The van der Waals surface area contributed by atoms with Crippen LogP contribution in [-0.4, -0.2) is 31.7 Å². The average molecular weight is 321 g/mol. The van der Waals surface area contributed by atoms with Gasteiger partial charge < -0.3 is 5.32 Å². The second-order valence-electron chi connectivity index (χ2n) is 5.68. The van der Waals surface area contributed by atoms with Gasteiger partial charge in [-0.3, -0.25) is 19.4 Å². The van der Waals surface area contributed by atoms with E-state index in [4.69, 9.17) is 0 Å². The molecule has 0 aliphatic carbocycles. The summed E-state index contributed by atoms with van der Waals surface area (Å²) < 4.78 is 1.83. The molecule has 1 atom stereocenters. The Bertz CT molecular complexity index is 786. The molecule has 2 heterocycles. The van der Waals surface area contributed by atoms with Gasteiger partial charge in [0.05, 0.1) is 12.2 Å². The smallest absolute Gasteiger partial charge is 0.251 e. The number of benzene rings is 1. The van der Waals surface area contributed by atoms with Crippen LogP contribution in [0.1, 0.15) is 28.5 Å². The molecule has 2 aromatic heterocycles. The van der Waals surface area contributed by atoms with Crippen LogP contribution in [0.3, 0.4) is 0 Å². The number of aromatic nitrogens is 4. The molecule has 6 nitrogen and oxygen atoms in total. The lowest BCUT2D eigenvalue weighted by Crippen LogP contribution is -2.34. The third-order valence-electron chi connectivity index (χ3n) is 3.60. The molecule has 0 aliphatic rings. The van der Waals surface area contributed by atoms with Crippen molar-refractivity contribution in [1.82, 2.24) is 25.1 Å². The number of nitrogens with zero attached hydrogens (tertiary/aromatic N) is 4. The van der Waals surface area contributed by atoms with Crippen molar-refractivity contribution < 1.29 is 4.79 Å². The Morgan fingerprint density at radius 2 is 2.17 bits per heavy atom. The molecule has 0 saturated carbocycles. The maximum atomic E-state index is 12.4. The van der Waals surface area contributed by atoms with Crippen molar-refractivity contribution in [3.8, 4) is 0 Å². The van der Waals surface area contributed by atoms with E-state index in [1.54, 1.807) is 24.8 Å². The number of rotatable bonds is 6. The maximum absolute atomic E-state index is 12.4. The lowest BCUT2D eigenvalue weighted by atomic mass is 10.1. The first-order chi connectivity index (χ1) is 11.7. The Hall–Kier alpha value is -3.02. The molecule has 3 rings (SSSR count). The minimum absolute atomic E-state index is 0.0241. The van der Waals surface area contributed by atoms with Crippen LogP contribution in [0.15, 0.2) is 61.3 Å². The summed E-state index contributed by atoms with van der Waals surface area (Å²) in [6.07, 6.45) is 9.29. The van der Waals surface area contributed by atoms with Crippen LogP contribution in [0, 0.1) is 0 Å². The van der Waals surface area contributed by atoms with Gasteiger partial charge in [0.15, 0.2) is 0 Å². The number of carbonyl (C=O) groups excluding carboxylic acids is 1. The lowest BCUT2D eigenvalue weighted by Gasteiger charge is -2.14. The van der Waals surface area contributed by atoms with Gasteiger partial charge in [-0.15, -0.1) is 0 Å². The molecule has 1 N–H and O–H groups in total. The minimum atomic E-state index is -0.0892. The second kappa shape index (κ2) is 7.50. The summed E-state index contributed by atoms with van der Waals surface area (Å²) in [4.78, 5) is 20.7. The average Bonchev–Trinajstić information content (AvgIpc) is 3.09. The van der Waals surface area contributed by atoms with E-state index in [-0.39, 0.29) is 11.9 Å². The van der Waals surface area contributed by atoms with E-state index < -0.39 is 0 Å². The number of hydrogen-bond donors (Lipinski definition) is 1. The van der Waals surface area contributed by atoms with E-state index in [2.05, 4.69) is 20.4 Å². The molecule has 0 spiro atoms. The highest BCUT2D eigenvalue weighted by molar-refractivity contribution is 5.94. The van der Waals surface area contributed by atoms with Crippen molar-refractivity contribution in [3.63, 3.8) is 0 Å². The molecule has 0 saturated heterocycles. The predicted octanol–water partition coefficient (Wildman–Crippen LogP) is 2.08. The molecule has 6 heteroatoms. The van der Waals surface area contributed by atoms with Crippen molar-refractivity contribution in [2.75, 3.05) is 0 Å². The first kappa shape index (κ1) is 15.9. The fraction of sp³-hybridized carbons (Fsp3) is 0.222. The zero-order valence-electron chi connectivity index (χ0n) is 13.5. The van der Waals surface area contributed by atoms with Crippen molar-refractivity contribution >= 4 is 5.91 Å². The fourth-order valence-corrected chi connectivity index (χ4v) is 2.50. The quantitative estimate of drug-likeness (QED) is 0.754. The number of carbonyl (C=O) groups is 1. The van der Waals surface area contributed by atoms with E-state index in [1.165, 1.54) is 0 Å². The van der Waals surface area contributed by atoms with Crippen LogP contribution >= 0.6 is 0 Å². The van der Waals surface area contributed by atoms with Crippen molar-refractivity contribution in [2.45, 2.75) is 25.9 Å². The standard InChI is InChI=1S/C18H19N5O/c1-14(10-17-12-19-7-8-20-17)22-18(24)16-5-2-4-15(11-16)13-23-9-3-6-21-23/h2-9,11-12,14H,10,13H2,1H3,(H,22,24). The molecule has 0 bridgehead atoms. The van der Waals surface area contributed by atoms with Crippen molar-refractivity contribution in [3.05, 3.63) is 78.1 Å². The summed E-state index contributed by atoms with van der Waals surface area (Å²) in [7, 11) is 0. The Balaban J connectivity index is 1.62. The third kappa shape index (κ3) is 4.25. The van der Waals surface area contributed by atoms with Crippen molar-refractivity contribution in [1.29, 1.82) is 0 Å². The summed E-state index contributed by atoms with van der Waals surface area (Å²) in [6.45, 7) is 2.60. The van der Waals surface area contributed by atoms with Gasteiger partial charge >= 0.3 is 0 Å². The Kier molecular flexibility index (Phi) is 4.96. The first-order valence-corrected chi connectivity index (χ1v) is 7.83. The zero-order chi connectivity index (χ0) is 16.8. The Morgan fingerprint density at radius 3 is 2.92 bits per heavy atom. The van der Waals surface area contributed by atoms with Crippen LogP contribution in [0.2, 0.25) is 0 Å². The third-order valence-corrected chi connectivity index (χ3v) is 3.60. The monoisotopic (exact) mass is 321 g/mol. The first-order valence-electron chi connectivity index (χ1n) is 7.83. The topological polar surface area (TPSA) is 72.7 Å². The summed E-state index contributed by atoms with van der Waals surface area (Å²) in [6, 6.07) is 9.44. The highest BCUT2D eigenvalue weighted by Gasteiger charge is 2.11. The van der Waals surface area contributed by atoms with Crippen LogP contribution < -0.4 is 5.32 Å². The number of amides is 1. The summed E-state index contributed by atoms with van der Waals surface area (Å²) >= 11 is 0. The molecule has 24 heavy (non-hydrogen) atoms. The van der Waals surface area contributed by atoms with Gasteiger partial charge in [-0.2, -0.15) is 5.10 Å². The second-order valence-corrected chi connectivity index (χ2v) is 5.68. The molecule has 1 unspecified atom stereocenters. The van der Waals surface area contributed by atoms with E-state index >= 15 is 0 Å². The van der Waals surface area contributed by atoms with E-state index in [1.807, 2.05) is 48.1 Å². The maximum Gasteiger partial charge on any atom is 0.251 e. The van der Waals surface area contributed by atoms with Gasteiger partial charge in [-0.05, 0) is 30.7 Å². The van der Waals surface area contributed by atoms with E-state index in [0.717, 1.165) is 11.3 Å². The molecule has 1 aromatic carbocycles. The summed E-state index contributed by atoms with van der Waals surface area (Å²) in [5, 5.41) is 7.19. The van der Waals surface area contributed by atoms with Gasteiger partial charge in [-0.25, -0.2) is 0 Å². The Morgan fingerprint density at radius 1 is 1.25 bits per heavy atom. The molecule has 3 aromatic rings. The van der Waals surface area contributed by atoms with Gasteiger partial charge in [0.25, 0.3) is 5.91 Å². The van der Waals surface area contributed by atoms with Gasteiger partial charge in [0.2, 0.25) is 0 Å². The molecule has 0 aliphatic heterocycles. The molecule has 0 radical (unpaired) electrons. The van der Waals surface area contributed by atoms with Crippen LogP contribution in [0.5, 0.6) is 0 Å². The Labute approximate surface area is 140 Å². The van der Waals surface area contributed by atoms with Gasteiger partial charge in [0, 0.05) is 49.0 Å². The summed E-state index contributed by atoms with van der Waals surface area (Å²) in [5.41, 5.74) is 2.54. The van der Waals surface area contributed by atoms with Gasteiger partial charge in [-0.1, -0.05) is 12.1 Å². The number of hydrogen-bond acceptors (Lipinski definition) is 4. The largest absolute Gasteiger partial charge is 0.349 e. The van der Waals surface area contributed by atoms with E-state index in [9.17, 15) is 4.79 Å². The lowest BCUT2D eigenvalue weighted by molar-refractivity contribution is 0.0940. The number of nitrogens with one attached hydrogen (secondary N) is 1. The minimum Gasteiger partial charge on any atom is -0.349 e. The van der Waals surface area contributed by atoms with E-state index in [0.29, 0.717) is 18.5 Å².